The van der Waals surface area contributed by atoms with Crippen LogP contribution in [0.1, 0.15) is 181 Å². The lowest BCUT2D eigenvalue weighted by atomic mass is 10.1. The maximum Gasteiger partial charge on any atom is 0.472 e. The summed E-state index contributed by atoms with van der Waals surface area (Å²) in [5, 5.41) is 13.7. The average molecular weight is 756 g/mol. The van der Waals surface area contributed by atoms with E-state index in [4.69, 9.17) is 9.05 Å². The van der Waals surface area contributed by atoms with E-state index in [1.807, 2.05) is 27.2 Å². The fourth-order valence-corrected chi connectivity index (χ4v) is 6.61. The third-order valence-corrected chi connectivity index (χ3v) is 10.3. The van der Waals surface area contributed by atoms with Crippen LogP contribution in [0.4, 0.5) is 0 Å². The number of allylic oxidation sites excluding steroid dienone is 5. The van der Waals surface area contributed by atoms with Crippen molar-refractivity contribution in [2.45, 2.75) is 193 Å². The van der Waals surface area contributed by atoms with Gasteiger partial charge in [-0.1, -0.05) is 153 Å². The SMILES string of the molecule is CCCCCC/C=C/CC/C=C/C(O)C(COP(=O)(O)OCC[N+](C)(C)C)NC(=O)CCCCCCCCC/C=C\CCCCCCCCCCC. The summed E-state index contributed by atoms with van der Waals surface area (Å²) in [5.74, 6) is -0.194. The highest BCUT2D eigenvalue weighted by atomic mass is 31.2. The predicted octanol–water partition coefficient (Wildman–Crippen LogP) is 11.5. The van der Waals surface area contributed by atoms with Gasteiger partial charge in [-0.05, 0) is 57.8 Å². The zero-order valence-electron chi connectivity index (χ0n) is 34.5. The van der Waals surface area contributed by atoms with Crippen LogP contribution in [0.15, 0.2) is 36.5 Å². The van der Waals surface area contributed by atoms with Crippen LogP contribution in [0.25, 0.3) is 0 Å². The van der Waals surface area contributed by atoms with Crippen molar-refractivity contribution in [1.82, 2.24) is 5.32 Å². The number of rotatable bonds is 38. The van der Waals surface area contributed by atoms with Crippen molar-refractivity contribution in [3.8, 4) is 0 Å². The summed E-state index contributed by atoms with van der Waals surface area (Å²) in [6.45, 7) is 4.74. The van der Waals surface area contributed by atoms with Gasteiger partial charge in [0, 0.05) is 6.42 Å². The fraction of sp³-hybridized carbons (Fsp3) is 0.837. The molecule has 0 aromatic carbocycles. The van der Waals surface area contributed by atoms with Crippen LogP contribution in [0.5, 0.6) is 0 Å². The molecule has 3 unspecified atom stereocenters. The Morgan fingerprint density at radius 1 is 0.635 bits per heavy atom. The Labute approximate surface area is 321 Å². The van der Waals surface area contributed by atoms with Crippen LogP contribution in [0.3, 0.4) is 0 Å². The molecule has 0 fully saturated rings. The molecule has 0 aromatic rings. The summed E-state index contributed by atoms with van der Waals surface area (Å²) < 4.78 is 23.4. The van der Waals surface area contributed by atoms with E-state index in [-0.39, 0.29) is 19.1 Å². The van der Waals surface area contributed by atoms with Crippen molar-refractivity contribution in [3.63, 3.8) is 0 Å². The minimum absolute atomic E-state index is 0.0549. The number of hydrogen-bond donors (Lipinski definition) is 3. The molecule has 9 heteroatoms. The third kappa shape index (κ3) is 37.1. The predicted molar refractivity (Wildman–Crippen MR) is 221 cm³/mol. The first-order valence-electron chi connectivity index (χ1n) is 21.4. The van der Waals surface area contributed by atoms with Crippen LogP contribution in [-0.4, -0.2) is 73.4 Å². The van der Waals surface area contributed by atoms with E-state index >= 15 is 0 Å². The van der Waals surface area contributed by atoms with Crippen molar-refractivity contribution < 1.29 is 32.9 Å². The van der Waals surface area contributed by atoms with Crippen molar-refractivity contribution in [1.29, 1.82) is 0 Å². The topological polar surface area (TPSA) is 105 Å². The van der Waals surface area contributed by atoms with E-state index in [0.29, 0.717) is 17.4 Å². The number of amides is 1. The second kappa shape index (κ2) is 35.4. The Bertz CT molecular complexity index is 948. The van der Waals surface area contributed by atoms with Crippen LogP contribution < -0.4 is 5.32 Å². The first-order valence-corrected chi connectivity index (χ1v) is 22.9. The molecule has 0 aliphatic carbocycles. The van der Waals surface area contributed by atoms with Gasteiger partial charge >= 0.3 is 7.82 Å². The van der Waals surface area contributed by atoms with E-state index in [1.165, 1.54) is 122 Å². The lowest BCUT2D eigenvalue weighted by Crippen LogP contribution is -2.45. The molecule has 0 rings (SSSR count). The third-order valence-electron chi connectivity index (χ3n) is 9.33. The van der Waals surface area contributed by atoms with Crippen molar-refractivity contribution >= 4 is 13.7 Å². The Hall–Kier alpha value is -1.28. The van der Waals surface area contributed by atoms with Gasteiger partial charge in [-0.25, -0.2) is 4.57 Å². The summed E-state index contributed by atoms with van der Waals surface area (Å²) >= 11 is 0. The molecule has 306 valence electrons. The van der Waals surface area contributed by atoms with Gasteiger partial charge in [-0.3, -0.25) is 13.8 Å². The smallest absolute Gasteiger partial charge is 0.387 e. The molecule has 52 heavy (non-hydrogen) atoms. The highest BCUT2D eigenvalue weighted by Gasteiger charge is 2.27. The Morgan fingerprint density at radius 2 is 1.06 bits per heavy atom. The number of nitrogens with zero attached hydrogens (tertiary/aromatic N) is 1. The quantitative estimate of drug-likeness (QED) is 0.0251. The van der Waals surface area contributed by atoms with Crippen LogP contribution in [0.2, 0.25) is 0 Å². The summed E-state index contributed by atoms with van der Waals surface area (Å²) in [6, 6.07) is -0.862. The lowest BCUT2D eigenvalue weighted by molar-refractivity contribution is -0.870. The summed E-state index contributed by atoms with van der Waals surface area (Å²) in [4.78, 5) is 23.0. The molecule has 8 nitrogen and oxygen atoms in total. The second-order valence-corrected chi connectivity index (χ2v) is 17.2. The number of carbonyl (C=O) groups is 1. The van der Waals surface area contributed by atoms with Gasteiger partial charge in [0.25, 0.3) is 0 Å². The van der Waals surface area contributed by atoms with Crippen molar-refractivity contribution in [2.75, 3.05) is 40.9 Å². The second-order valence-electron chi connectivity index (χ2n) is 15.7. The number of phosphoric ester groups is 1. The highest BCUT2D eigenvalue weighted by Crippen LogP contribution is 2.43. The van der Waals surface area contributed by atoms with Crippen LogP contribution in [0, 0.1) is 0 Å². The molecule has 0 aliphatic rings. The molecule has 0 radical (unpaired) electrons. The molecule has 0 spiro atoms. The molecule has 0 heterocycles. The first kappa shape index (κ1) is 50.7. The first-order chi connectivity index (χ1) is 25.0. The van der Waals surface area contributed by atoms with Gasteiger partial charge in [-0.15, -0.1) is 0 Å². The van der Waals surface area contributed by atoms with E-state index < -0.39 is 20.0 Å². The van der Waals surface area contributed by atoms with E-state index in [1.54, 1.807) is 6.08 Å². The molecule has 0 aromatic heterocycles. The number of quaternary nitrogens is 1. The van der Waals surface area contributed by atoms with Crippen LogP contribution in [-0.2, 0) is 18.4 Å². The van der Waals surface area contributed by atoms with Gasteiger partial charge in [0.15, 0.2) is 0 Å². The molecule has 0 bridgehead atoms. The maximum absolute atomic E-state index is 12.8. The summed E-state index contributed by atoms with van der Waals surface area (Å²) in [5.41, 5.74) is 0. The number of nitrogens with one attached hydrogen (secondary N) is 1. The number of phosphoric acid groups is 1. The molecule has 0 saturated heterocycles. The minimum Gasteiger partial charge on any atom is -0.387 e. The minimum atomic E-state index is -4.34. The number of aliphatic hydroxyl groups is 1. The number of hydrogen-bond acceptors (Lipinski definition) is 5. The number of carbonyl (C=O) groups excluding carboxylic acids is 1. The largest absolute Gasteiger partial charge is 0.472 e. The Balaban J connectivity index is 4.36. The van der Waals surface area contributed by atoms with E-state index in [2.05, 4.69) is 43.5 Å². The monoisotopic (exact) mass is 756 g/mol. The summed E-state index contributed by atoms with van der Waals surface area (Å²) in [7, 11) is 1.55. The van der Waals surface area contributed by atoms with E-state index in [9.17, 15) is 19.4 Å². The lowest BCUT2D eigenvalue weighted by Gasteiger charge is -2.25. The maximum atomic E-state index is 12.8. The van der Waals surface area contributed by atoms with E-state index in [0.717, 1.165) is 38.5 Å². The van der Waals surface area contributed by atoms with Crippen molar-refractivity contribution in [2.24, 2.45) is 0 Å². The molecular weight excluding hydrogens is 671 g/mol. The zero-order chi connectivity index (χ0) is 38.6. The fourth-order valence-electron chi connectivity index (χ4n) is 5.87. The van der Waals surface area contributed by atoms with Crippen LogP contribution >= 0.6 is 7.82 Å². The van der Waals surface area contributed by atoms with Gasteiger partial charge < -0.3 is 19.8 Å². The highest BCUT2D eigenvalue weighted by molar-refractivity contribution is 7.47. The average Bonchev–Trinajstić information content (AvgIpc) is 3.09. The Kier molecular flexibility index (Phi) is 34.6. The molecule has 0 aliphatic heterocycles. The van der Waals surface area contributed by atoms with Gasteiger partial charge in [-0.2, -0.15) is 0 Å². The number of aliphatic hydroxyl groups excluding tert-OH is 1. The normalized spacial score (nSPS) is 14.8. The standard InChI is InChI=1S/C43H83N2O6P/c1-6-8-10-12-14-16-18-19-20-21-22-23-24-25-26-27-29-31-33-35-37-43(47)44-41(40-51-52(48,49)50-39-38-45(3,4)5)42(46)36-34-32-30-28-17-15-13-11-9-7-2/h17,22-23,28,34,36,41-42,46H,6-16,18-21,24-27,29-33,35,37-40H2,1-5H3,(H-,44,47,48,49)/p+1/b23-22-,28-17+,36-34+. The number of unbranched alkanes of at least 4 members (excludes halogenated alkanes) is 21. The molecule has 3 atom stereocenters. The van der Waals surface area contributed by atoms with Crippen molar-refractivity contribution in [3.05, 3.63) is 36.5 Å². The zero-order valence-corrected chi connectivity index (χ0v) is 35.4. The van der Waals surface area contributed by atoms with Gasteiger partial charge in [0.05, 0.1) is 39.9 Å². The molecule has 0 saturated carbocycles. The Morgan fingerprint density at radius 3 is 1.56 bits per heavy atom. The molecule has 1 amide bonds. The van der Waals surface area contributed by atoms with Gasteiger partial charge in [0.1, 0.15) is 13.2 Å². The molecule has 3 N–H and O–H groups in total. The molecular formula is C43H84N2O6P+. The number of likely N-dealkylation sites (N-methyl/N-ethyl adjacent to an activating group) is 1. The summed E-state index contributed by atoms with van der Waals surface area (Å²) in [6.07, 6.45) is 42.2. The van der Waals surface area contributed by atoms with Gasteiger partial charge in [0.2, 0.25) is 5.91 Å².